The van der Waals surface area contributed by atoms with Gasteiger partial charge in [0.05, 0.1) is 7.11 Å². The van der Waals surface area contributed by atoms with E-state index in [9.17, 15) is 0 Å². The maximum Gasteiger partial charge on any atom is 0.241 e. The fourth-order valence-electron chi connectivity index (χ4n) is 1.24. The molecule has 78 valence electrons. The molecule has 0 aliphatic heterocycles. The fourth-order valence-corrected chi connectivity index (χ4v) is 1.24. The van der Waals surface area contributed by atoms with Crippen LogP contribution in [0.25, 0.3) is 11.4 Å². The number of nitrogens with two attached hydrogens (primary N) is 2. The van der Waals surface area contributed by atoms with E-state index in [0.29, 0.717) is 5.82 Å². The average molecular weight is 205 g/mol. The van der Waals surface area contributed by atoms with Crippen LogP contribution in [0.3, 0.4) is 0 Å². The number of aromatic nitrogens is 3. The Morgan fingerprint density at radius 3 is 2.33 bits per heavy atom. The van der Waals surface area contributed by atoms with Gasteiger partial charge in [0.2, 0.25) is 5.95 Å². The Bertz CT molecular complexity index is 462. The first-order chi connectivity index (χ1) is 7.22. The summed E-state index contributed by atoms with van der Waals surface area (Å²) in [6, 6.07) is 7.32. The molecule has 6 nitrogen and oxygen atoms in total. The number of methoxy groups -OCH3 is 1. The molecule has 0 unspecified atom stereocenters. The molecule has 6 heteroatoms. The first-order valence-corrected chi connectivity index (χ1v) is 4.33. The Morgan fingerprint density at radius 1 is 1.20 bits per heavy atom. The molecule has 15 heavy (non-hydrogen) atoms. The quantitative estimate of drug-likeness (QED) is 0.685. The third-order valence-electron chi connectivity index (χ3n) is 2.07. The van der Waals surface area contributed by atoms with Crippen LogP contribution in [0.4, 0.5) is 5.95 Å². The van der Waals surface area contributed by atoms with Gasteiger partial charge >= 0.3 is 0 Å². The number of nitrogen functional groups attached to an aromatic ring is 2. The van der Waals surface area contributed by atoms with Crippen LogP contribution in [-0.4, -0.2) is 22.0 Å². The summed E-state index contributed by atoms with van der Waals surface area (Å²) >= 11 is 0. The lowest BCUT2D eigenvalue weighted by Crippen LogP contribution is -2.13. The van der Waals surface area contributed by atoms with E-state index in [2.05, 4.69) is 10.2 Å². The van der Waals surface area contributed by atoms with Crippen LogP contribution in [0.2, 0.25) is 0 Å². The minimum absolute atomic E-state index is 0.181. The van der Waals surface area contributed by atoms with E-state index in [1.807, 2.05) is 24.3 Å². The van der Waals surface area contributed by atoms with Crippen molar-refractivity contribution < 1.29 is 4.74 Å². The zero-order valence-electron chi connectivity index (χ0n) is 8.21. The highest BCUT2D eigenvalue weighted by Gasteiger charge is 2.08. The molecule has 1 heterocycles. The van der Waals surface area contributed by atoms with Gasteiger partial charge in [-0.25, -0.2) is 4.68 Å². The van der Waals surface area contributed by atoms with E-state index >= 15 is 0 Å². The van der Waals surface area contributed by atoms with E-state index in [-0.39, 0.29) is 5.95 Å². The molecular weight excluding hydrogens is 194 g/mol. The van der Waals surface area contributed by atoms with Gasteiger partial charge in [0.1, 0.15) is 5.75 Å². The Morgan fingerprint density at radius 2 is 1.87 bits per heavy atom. The van der Waals surface area contributed by atoms with E-state index in [1.165, 1.54) is 4.68 Å². The van der Waals surface area contributed by atoms with Crippen LogP contribution in [0.1, 0.15) is 0 Å². The molecule has 0 aliphatic rings. The fraction of sp³-hybridized carbons (Fsp3) is 0.111. The highest BCUT2D eigenvalue weighted by Crippen LogP contribution is 2.20. The van der Waals surface area contributed by atoms with Gasteiger partial charge in [0, 0.05) is 5.56 Å². The van der Waals surface area contributed by atoms with Crippen molar-refractivity contribution in [2.75, 3.05) is 18.7 Å². The van der Waals surface area contributed by atoms with E-state index < -0.39 is 0 Å². The van der Waals surface area contributed by atoms with Crippen LogP contribution in [0.15, 0.2) is 24.3 Å². The number of nitrogens with zero attached hydrogens (tertiary/aromatic N) is 3. The molecule has 0 amide bonds. The molecule has 0 atom stereocenters. The van der Waals surface area contributed by atoms with Crippen LogP contribution in [0, 0.1) is 0 Å². The second-order valence-corrected chi connectivity index (χ2v) is 2.98. The Kier molecular flexibility index (Phi) is 2.17. The maximum atomic E-state index is 5.64. The van der Waals surface area contributed by atoms with E-state index in [4.69, 9.17) is 16.3 Å². The second-order valence-electron chi connectivity index (χ2n) is 2.98. The van der Waals surface area contributed by atoms with Crippen molar-refractivity contribution in [1.29, 1.82) is 0 Å². The lowest BCUT2D eigenvalue weighted by molar-refractivity contribution is 0.415. The summed E-state index contributed by atoms with van der Waals surface area (Å²) < 4.78 is 6.28. The molecule has 2 rings (SSSR count). The van der Waals surface area contributed by atoms with Crippen LogP contribution < -0.4 is 16.3 Å². The summed E-state index contributed by atoms with van der Waals surface area (Å²) in [5.41, 5.74) is 6.31. The van der Waals surface area contributed by atoms with Crippen molar-refractivity contribution >= 4 is 5.95 Å². The summed E-state index contributed by atoms with van der Waals surface area (Å²) in [5.74, 6) is 7.12. The van der Waals surface area contributed by atoms with Crippen LogP contribution >= 0.6 is 0 Å². The number of rotatable bonds is 2. The predicted octanol–water partition coefficient (Wildman–Crippen LogP) is 0.250. The molecule has 0 saturated heterocycles. The molecule has 0 saturated carbocycles. The Hall–Kier alpha value is -2.24. The number of ether oxygens (including phenoxy) is 1. The van der Waals surface area contributed by atoms with Crippen molar-refractivity contribution in [1.82, 2.24) is 14.9 Å². The van der Waals surface area contributed by atoms with Gasteiger partial charge in [0.15, 0.2) is 5.82 Å². The van der Waals surface area contributed by atoms with Gasteiger partial charge in [-0.3, -0.25) is 0 Å². The van der Waals surface area contributed by atoms with Crippen LogP contribution in [-0.2, 0) is 0 Å². The lowest BCUT2D eigenvalue weighted by Gasteiger charge is -2.02. The predicted molar refractivity (Wildman–Crippen MR) is 56.6 cm³/mol. The third kappa shape index (κ3) is 1.56. The molecule has 0 bridgehead atoms. The zero-order valence-corrected chi connectivity index (χ0v) is 8.21. The summed E-state index contributed by atoms with van der Waals surface area (Å²) in [6.07, 6.45) is 0. The molecule has 0 aliphatic carbocycles. The van der Waals surface area contributed by atoms with Gasteiger partial charge in [-0.1, -0.05) is 0 Å². The number of hydrogen-bond acceptors (Lipinski definition) is 5. The minimum atomic E-state index is 0.181. The minimum Gasteiger partial charge on any atom is -0.497 e. The average Bonchev–Trinajstić information content (AvgIpc) is 2.60. The molecule has 1 aromatic carbocycles. The standard InChI is InChI=1S/C9H11N5O/c1-15-7-4-2-6(3-5-7)8-12-13-9(10)14(8)11/h2-5H,11H2,1H3,(H2,10,13). The summed E-state index contributed by atoms with van der Waals surface area (Å²) in [4.78, 5) is 0. The van der Waals surface area contributed by atoms with Crippen molar-refractivity contribution in [2.45, 2.75) is 0 Å². The van der Waals surface area contributed by atoms with Crippen LogP contribution in [0.5, 0.6) is 5.75 Å². The topological polar surface area (TPSA) is 92.0 Å². The number of hydrogen-bond donors (Lipinski definition) is 2. The third-order valence-corrected chi connectivity index (χ3v) is 2.07. The molecule has 0 radical (unpaired) electrons. The lowest BCUT2D eigenvalue weighted by atomic mass is 10.2. The second kappa shape index (κ2) is 3.49. The molecule has 0 fully saturated rings. The molecule has 4 N–H and O–H groups in total. The highest BCUT2D eigenvalue weighted by molar-refractivity contribution is 5.58. The van der Waals surface area contributed by atoms with E-state index in [0.717, 1.165) is 11.3 Å². The highest BCUT2D eigenvalue weighted by atomic mass is 16.5. The molecule has 1 aromatic heterocycles. The van der Waals surface area contributed by atoms with Crippen molar-refractivity contribution in [3.05, 3.63) is 24.3 Å². The monoisotopic (exact) mass is 205 g/mol. The summed E-state index contributed by atoms with van der Waals surface area (Å²) in [6.45, 7) is 0. The van der Waals surface area contributed by atoms with Gasteiger partial charge in [-0.15, -0.1) is 10.2 Å². The smallest absolute Gasteiger partial charge is 0.241 e. The van der Waals surface area contributed by atoms with Gasteiger partial charge in [-0.2, -0.15) is 0 Å². The largest absolute Gasteiger partial charge is 0.497 e. The maximum absolute atomic E-state index is 5.64. The van der Waals surface area contributed by atoms with Gasteiger partial charge in [-0.05, 0) is 24.3 Å². The Balaban J connectivity index is 2.41. The number of anilines is 1. The van der Waals surface area contributed by atoms with Crippen molar-refractivity contribution in [2.24, 2.45) is 0 Å². The molecular formula is C9H11N5O. The molecule has 2 aromatic rings. The first-order valence-electron chi connectivity index (χ1n) is 4.33. The van der Waals surface area contributed by atoms with Crippen molar-refractivity contribution in [3.63, 3.8) is 0 Å². The SMILES string of the molecule is COc1ccc(-c2nnc(N)n2N)cc1. The van der Waals surface area contributed by atoms with Gasteiger partial charge < -0.3 is 16.3 Å². The van der Waals surface area contributed by atoms with Gasteiger partial charge in [0.25, 0.3) is 0 Å². The molecule has 0 spiro atoms. The zero-order chi connectivity index (χ0) is 10.8. The summed E-state index contributed by atoms with van der Waals surface area (Å²) in [7, 11) is 1.61. The summed E-state index contributed by atoms with van der Waals surface area (Å²) in [5, 5.41) is 7.53. The first kappa shape index (κ1) is 9.32. The number of benzene rings is 1. The van der Waals surface area contributed by atoms with Crippen molar-refractivity contribution in [3.8, 4) is 17.1 Å². The van der Waals surface area contributed by atoms with E-state index in [1.54, 1.807) is 7.11 Å². The Labute approximate surface area is 86.4 Å². The normalized spacial score (nSPS) is 10.2.